The molecule has 0 aromatic rings. The molecule has 1 amide bonds. The van der Waals surface area contributed by atoms with Crippen LogP contribution in [0.4, 0.5) is 0 Å². The molecule has 0 rings (SSSR count). The fourth-order valence-corrected chi connectivity index (χ4v) is 8.53. The second-order valence-corrected chi connectivity index (χ2v) is 21.2. The third kappa shape index (κ3) is 47.3. The number of aliphatic hydroxyl groups is 2. The van der Waals surface area contributed by atoms with Gasteiger partial charge in [0.25, 0.3) is 0 Å². The van der Waals surface area contributed by atoms with Crippen molar-refractivity contribution in [3.8, 4) is 0 Å². The molecule has 9 nitrogen and oxygen atoms in total. The highest BCUT2D eigenvalue weighted by atomic mass is 31.2. The number of unbranched alkanes of at least 4 members (excludes halogenated alkanes) is 27. The van der Waals surface area contributed by atoms with Gasteiger partial charge in [-0.3, -0.25) is 13.8 Å². The zero-order valence-electron chi connectivity index (χ0n) is 43.1. The molecule has 0 aliphatic carbocycles. The van der Waals surface area contributed by atoms with Crippen LogP contribution in [0.3, 0.4) is 0 Å². The summed E-state index contributed by atoms with van der Waals surface area (Å²) in [6, 6.07) is -1.05. The third-order valence-electron chi connectivity index (χ3n) is 12.1. The van der Waals surface area contributed by atoms with Gasteiger partial charge in [-0.15, -0.1) is 0 Å². The van der Waals surface area contributed by atoms with E-state index in [1.807, 2.05) is 21.1 Å². The molecular formula is C55H106N2O7P+. The smallest absolute Gasteiger partial charge is 0.390 e. The summed E-state index contributed by atoms with van der Waals surface area (Å²) >= 11 is 0. The van der Waals surface area contributed by atoms with Gasteiger partial charge >= 0.3 is 7.82 Å². The molecule has 65 heavy (non-hydrogen) atoms. The van der Waals surface area contributed by atoms with Crippen LogP contribution in [-0.2, 0) is 18.4 Å². The van der Waals surface area contributed by atoms with E-state index in [0.717, 1.165) is 44.9 Å². The van der Waals surface area contributed by atoms with Crippen molar-refractivity contribution in [2.45, 2.75) is 257 Å². The number of hydrogen-bond acceptors (Lipinski definition) is 6. The van der Waals surface area contributed by atoms with E-state index in [0.29, 0.717) is 23.9 Å². The lowest BCUT2D eigenvalue weighted by Crippen LogP contribution is -2.51. The van der Waals surface area contributed by atoms with Gasteiger partial charge in [-0.25, -0.2) is 4.57 Å². The molecule has 4 N–H and O–H groups in total. The van der Waals surface area contributed by atoms with E-state index in [1.54, 1.807) is 0 Å². The first kappa shape index (κ1) is 63.4. The summed E-state index contributed by atoms with van der Waals surface area (Å²) in [5, 5.41) is 24.7. The molecule has 0 saturated carbocycles. The summed E-state index contributed by atoms with van der Waals surface area (Å²) in [5.41, 5.74) is 0. The molecule has 0 aromatic heterocycles. The van der Waals surface area contributed by atoms with Crippen molar-refractivity contribution in [1.29, 1.82) is 0 Å². The lowest BCUT2D eigenvalue weighted by molar-refractivity contribution is -0.870. The quantitative estimate of drug-likeness (QED) is 0.0207. The lowest BCUT2D eigenvalue weighted by atomic mass is 10.0. The van der Waals surface area contributed by atoms with Crippen LogP contribution in [-0.4, -0.2) is 84.6 Å². The molecule has 0 bridgehead atoms. The number of amides is 1. The number of carbonyl (C=O) groups excluding carboxylic acids is 1. The van der Waals surface area contributed by atoms with Gasteiger partial charge in [-0.05, 0) is 77.0 Å². The van der Waals surface area contributed by atoms with E-state index in [9.17, 15) is 24.5 Å². The number of nitrogens with zero attached hydrogens (tertiary/aromatic N) is 1. The largest absolute Gasteiger partial charge is 0.472 e. The highest BCUT2D eigenvalue weighted by Gasteiger charge is 2.31. The zero-order valence-corrected chi connectivity index (χ0v) is 44.0. The van der Waals surface area contributed by atoms with Gasteiger partial charge in [-0.1, -0.05) is 204 Å². The van der Waals surface area contributed by atoms with Crippen molar-refractivity contribution in [3.63, 3.8) is 0 Å². The van der Waals surface area contributed by atoms with E-state index in [1.165, 1.54) is 161 Å². The second-order valence-electron chi connectivity index (χ2n) is 19.7. The molecule has 0 aliphatic rings. The number of allylic oxidation sites excluding steroid dienone is 8. The molecule has 0 spiro atoms. The summed E-state index contributed by atoms with van der Waals surface area (Å²) in [6.07, 6.45) is 56.2. The van der Waals surface area contributed by atoms with E-state index in [4.69, 9.17) is 9.05 Å². The van der Waals surface area contributed by atoms with E-state index >= 15 is 0 Å². The summed E-state index contributed by atoms with van der Waals surface area (Å²) in [7, 11) is 1.42. The van der Waals surface area contributed by atoms with Crippen molar-refractivity contribution in [2.75, 3.05) is 40.9 Å². The lowest BCUT2D eigenvalue weighted by Gasteiger charge is -2.28. The predicted molar refractivity (Wildman–Crippen MR) is 278 cm³/mol. The molecule has 0 saturated heterocycles. The number of likely N-dealkylation sites (N-methyl/N-ethyl adjacent to an activating group) is 1. The van der Waals surface area contributed by atoms with Gasteiger partial charge in [0.05, 0.1) is 39.9 Å². The Morgan fingerprint density at radius 2 is 0.908 bits per heavy atom. The van der Waals surface area contributed by atoms with Gasteiger partial charge in [0.15, 0.2) is 0 Å². The number of hydrogen-bond donors (Lipinski definition) is 4. The Balaban J connectivity index is 4.21. The summed E-state index contributed by atoms with van der Waals surface area (Å²) in [5.74, 6) is -0.269. The maximum Gasteiger partial charge on any atom is 0.472 e. The minimum atomic E-state index is -4.43. The van der Waals surface area contributed by atoms with Gasteiger partial charge in [0, 0.05) is 6.42 Å². The normalized spacial score (nSPS) is 14.9. The molecule has 4 unspecified atom stereocenters. The van der Waals surface area contributed by atoms with Crippen molar-refractivity contribution in [2.24, 2.45) is 0 Å². The first-order valence-electron chi connectivity index (χ1n) is 27.1. The number of quaternary nitrogens is 1. The second kappa shape index (κ2) is 46.2. The first-order valence-corrected chi connectivity index (χ1v) is 28.6. The Morgan fingerprint density at radius 1 is 0.538 bits per heavy atom. The standard InChI is InChI=1S/C55H105N2O7P/c1-6-8-10-12-14-16-18-20-21-22-23-24-25-26-27-28-29-30-31-32-33-34-35-36-38-40-42-44-46-48-54(59)56-52(51-64-65(61,62)63-50-49-57(3,4)5)55(60)53(58)47-45-43-41-39-37-19-17-15-13-11-9-7-2/h18,20,22-23,25-26,39,41,52-53,55,58,60H,6-17,19,21,24,27-38,40,42-51H2,1-5H3,(H-,56,59,61,62)/p+1/b20-18-,23-22-,26-25-,41-39+. The van der Waals surface area contributed by atoms with Gasteiger partial charge in [0.1, 0.15) is 19.3 Å². The zero-order chi connectivity index (χ0) is 48.0. The van der Waals surface area contributed by atoms with Crippen molar-refractivity contribution in [1.82, 2.24) is 5.32 Å². The average molecular weight is 938 g/mol. The Morgan fingerprint density at radius 3 is 1.34 bits per heavy atom. The van der Waals surface area contributed by atoms with Crippen LogP contribution in [0.25, 0.3) is 0 Å². The van der Waals surface area contributed by atoms with Crippen LogP contribution in [0, 0.1) is 0 Å². The van der Waals surface area contributed by atoms with Crippen LogP contribution in [0.5, 0.6) is 0 Å². The van der Waals surface area contributed by atoms with Crippen LogP contribution in [0.15, 0.2) is 48.6 Å². The molecule has 0 radical (unpaired) electrons. The SMILES string of the molecule is CCCCCCC/C=C\C/C=C\C/C=C\CCCCCCCCCCCCCCCCC(=O)NC(COP(=O)(O)OCC[N+](C)(C)C)C(O)C(O)CCC/C=C/CCCCCCCCC. The average Bonchev–Trinajstić information content (AvgIpc) is 3.26. The predicted octanol–water partition coefficient (Wildman–Crippen LogP) is 15.0. The van der Waals surface area contributed by atoms with Crippen LogP contribution in [0.2, 0.25) is 0 Å². The van der Waals surface area contributed by atoms with E-state index < -0.39 is 32.7 Å². The van der Waals surface area contributed by atoms with Gasteiger partial charge < -0.3 is 24.9 Å². The van der Waals surface area contributed by atoms with Crippen LogP contribution in [0.1, 0.15) is 239 Å². The highest BCUT2D eigenvalue weighted by molar-refractivity contribution is 7.47. The van der Waals surface area contributed by atoms with Crippen LogP contribution < -0.4 is 5.32 Å². The molecule has 4 atom stereocenters. The Kier molecular flexibility index (Phi) is 45.0. The molecular weight excluding hydrogens is 832 g/mol. The van der Waals surface area contributed by atoms with Crippen LogP contribution >= 0.6 is 7.82 Å². The Bertz CT molecular complexity index is 1220. The third-order valence-corrected chi connectivity index (χ3v) is 13.1. The molecule has 10 heteroatoms. The summed E-state index contributed by atoms with van der Waals surface area (Å²) in [4.78, 5) is 23.3. The highest BCUT2D eigenvalue weighted by Crippen LogP contribution is 2.43. The number of phosphoric ester groups is 1. The van der Waals surface area contributed by atoms with Crippen molar-refractivity contribution >= 4 is 13.7 Å². The minimum Gasteiger partial charge on any atom is -0.390 e. The van der Waals surface area contributed by atoms with Gasteiger partial charge in [0.2, 0.25) is 5.91 Å². The number of phosphoric acid groups is 1. The van der Waals surface area contributed by atoms with Gasteiger partial charge in [-0.2, -0.15) is 0 Å². The summed E-state index contributed by atoms with van der Waals surface area (Å²) < 4.78 is 23.6. The fraction of sp³-hybridized carbons (Fsp3) is 0.836. The van der Waals surface area contributed by atoms with E-state index in [-0.39, 0.29) is 18.9 Å². The number of aliphatic hydroxyl groups excluding tert-OH is 2. The number of carbonyl (C=O) groups is 1. The summed E-state index contributed by atoms with van der Waals surface area (Å²) in [6.45, 7) is 4.57. The number of nitrogens with one attached hydrogen (secondary N) is 1. The first-order chi connectivity index (χ1) is 31.4. The maximum atomic E-state index is 13.0. The minimum absolute atomic E-state index is 0.0157. The molecule has 0 fully saturated rings. The topological polar surface area (TPSA) is 125 Å². The molecule has 0 heterocycles. The van der Waals surface area contributed by atoms with Crippen molar-refractivity contribution < 1.29 is 38.0 Å². The fourth-order valence-electron chi connectivity index (χ4n) is 7.80. The van der Waals surface area contributed by atoms with E-state index in [2.05, 4.69) is 67.8 Å². The van der Waals surface area contributed by atoms with Crippen molar-refractivity contribution in [3.05, 3.63) is 48.6 Å². The monoisotopic (exact) mass is 938 g/mol. The molecule has 0 aliphatic heterocycles. The molecule has 382 valence electrons. The number of rotatable bonds is 49. The Hall–Kier alpha value is -1.58. The Labute approximate surface area is 402 Å². The molecule has 0 aromatic carbocycles. The maximum absolute atomic E-state index is 13.0.